The Labute approximate surface area is 132 Å². The molecule has 3 aromatic rings. The van der Waals surface area contributed by atoms with Gasteiger partial charge in [0.1, 0.15) is 5.75 Å². The molecule has 0 saturated heterocycles. The van der Waals surface area contributed by atoms with E-state index in [1.54, 1.807) is 30.3 Å². The number of fused-ring (bicyclic) bond motifs is 1. The summed E-state index contributed by atoms with van der Waals surface area (Å²) >= 11 is 0. The summed E-state index contributed by atoms with van der Waals surface area (Å²) in [6, 6.07) is 12.9. The van der Waals surface area contributed by atoms with E-state index in [2.05, 4.69) is 16.9 Å². The number of benzene rings is 2. The second-order valence-corrected chi connectivity index (χ2v) is 5.19. The van der Waals surface area contributed by atoms with E-state index in [1.807, 2.05) is 6.07 Å². The molecule has 0 bridgehead atoms. The Morgan fingerprint density at radius 1 is 1.13 bits per heavy atom. The first-order valence-corrected chi connectivity index (χ1v) is 7.03. The van der Waals surface area contributed by atoms with Gasteiger partial charge in [-0.2, -0.15) is 0 Å². The van der Waals surface area contributed by atoms with E-state index >= 15 is 0 Å². The van der Waals surface area contributed by atoms with Gasteiger partial charge in [0.15, 0.2) is 11.6 Å². The van der Waals surface area contributed by atoms with Crippen LogP contribution in [0.5, 0.6) is 11.5 Å². The van der Waals surface area contributed by atoms with Gasteiger partial charge in [0.05, 0.1) is 16.9 Å². The molecule has 0 amide bonds. The monoisotopic (exact) mass is 310 g/mol. The Morgan fingerprint density at radius 2 is 1.96 bits per heavy atom. The molecule has 4 nitrogen and oxygen atoms in total. The van der Waals surface area contributed by atoms with Crippen LogP contribution in [-0.4, -0.2) is 15.2 Å². The van der Waals surface area contributed by atoms with Gasteiger partial charge in [-0.1, -0.05) is 24.8 Å². The van der Waals surface area contributed by atoms with E-state index in [9.17, 15) is 14.6 Å². The van der Waals surface area contributed by atoms with Crippen molar-refractivity contribution in [1.29, 1.82) is 0 Å². The zero-order valence-corrected chi connectivity index (χ0v) is 12.3. The fraction of sp³-hybridized carbons (Fsp3) is 0.0556. The Bertz CT molecular complexity index is 893. The molecule has 0 unspecified atom stereocenters. The first kappa shape index (κ1) is 14.8. The number of hydrogen-bond acceptors (Lipinski definition) is 4. The average Bonchev–Trinajstić information content (AvgIpc) is 2.53. The number of aromatic nitrogens is 1. The lowest BCUT2D eigenvalue weighted by Crippen LogP contribution is -2.11. The van der Waals surface area contributed by atoms with Crippen LogP contribution < -0.4 is 5.32 Å². The van der Waals surface area contributed by atoms with Crippen LogP contribution in [0.25, 0.3) is 16.6 Å². The van der Waals surface area contributed by atoms with Crippen molar-refractivity contribution in [3.8, 4) is 11.5 Å². The molecule has 2 aromatic carbocycles. The summed E-state index contributed by atoms with van der Waals surface area (Å²) in [4.78, 5) is 4.37. The molecular formula is C18H15FN2O2. The summed E-state index contributed by atoms with van der Waals surface area (Å²) in [5.41, 5.74) is 2.59. The zero-order valence-electron chi connectivity index (χ0n) is 12.3. The molecular weight excluding hydrogens is 295 g/mol. The van der Waals surface area contributed by atoms with Gasteiger partial charge in [0, 0.05) is 18.0 Å². The van der Waals surface area contributed by atoms with E-state index in [1.165, 1.54) is 12.1 Å². The van der Waals surface area contributed by atoms with Gasteiger partial charge >= 0.3 is 0 Å². The predicted octanol–water partition coefficient (Wildman–Crippen LogP) is 3.55. The Morgan fingerprint density at radius 3 is 2.74 bits per heavy atom. The molecule has 23 heavy (non-hydrogen) atoms. The number of halogens is 1. The maximum absolute atomic E-state index is 13.3. The number of phenols is 2. The van der Waals surface area contributed by atoms with Crippen LogP contribution in [0.15, 0.2) is 55.1 Å². The van der Waals surface area contributed by atoms with E-state index in [0.717, 1.165) is 5.56 Å². The number of rotatable bonds is 4. The van der Waals surface area contributed by atoms with Gasteiger partial charge in [-0.15, -0.1) is 0 Å². The highest BCUT2D eigenvalue weighted by Crippen LogP contribution is 2.23. The fourth-order valence-corrected chi connectivity index (χ4v) is 2.27. The SMILES string of the molecule is C=C(NCc1cccc(O)c1)c1ccc2cc(F)c(O)cc2n1. The molecule has 3 rings (SSSR count). The molecule has 3 N–H and O–H groups in total. The summed E-state index contributed by atoms with van der Waals surface area (Å²) in [5.74, 6) is -0.899. The van der Waals surface area contributed by atoms with Crippen molar-refractivity contribution >= 4 is 16.6 Å². The topological polar surface area (TPSA) is 65.4 Å². The molecule has 0 radical (unpaired) electrons. The van der Waals surface area contributed by atoms with E-state index < -0.39 is 11.6 Å². The molecule has 0 spiro atoms. The molecule has 0 atom stereocenters. The number of pyridine rings is 1. The lowest BCUT2D eigenvalue weighted by Gasteiger charge is -2.10. The first-order chi connectivity index (χ1) is 11.0. The molecule has 1 heterocycles. The van der Waals surface area contributed by atoms with Crippen molar-refractivity contribution in [3.05, 3.63) is 72.2 Å². The first-order valence-electron chi connectivity index (χ1n) is 7.03. The largest absolute Gasteiger partial charge is 0.508 e. The quantitative estimate of drug-likeness (QED) is 0.689. The third-order valence-corrected chi connectivity index (χ3v) is 3.48. The van der Waals surface area contributed by atoms with Crippen molar-refractivity contribution in [2.45, 2.75) is 6.54 Å². The molecule has 116 valence electrons. The lowest BCUT2D eigenvalue weighted by atomic mass is 10.1. The summed E-state index contributed by atoms with van der Waals surface area (Å²) < 4.78 is 13.3. The normalized spacial score (nSPS) is 10.7. The van der Waals surface area contributed by atoms with Gasteiger partial charge in [-0.3, -0.25) is 0 Å². The van der Waals surface area contributed by atoms with Crippen LogP contribution in [0.4, 0.5) is 4.39 Å². The summed E-state index contributed by atoms with van der Waals surface area (Å²) in [7, 11) is 0. The number of aromatic hydroxyl groups is 2. The number of nitrogens with one attached hydrogen (secondary N) is 1. The highest BCUT2D eigenvalue weighted by molar-refractivity contribution is 5.82. The van der Waals surface area contributed by atoms with Crippen LogP contribution in [0.1, 0.15) is 11.3 Å². The summed E-state index contributed by atoms with van der Waals surface area (Å²) in [6.45, 7) is 4.42. The fourth-order valence-electron chi connectivity index (χ4n) is 2.27. The van der Waals surface area contributed by atoms with Crippen molar-refractivity contribution in [3.63, 3.8) is 0 Å². The third-order valence-electron chi connectivity index (χ3n) is 3.48. The van der Waals surface area contributed by atoms with Crippen molar-refractivity contribution in [2.75, 3.05) is 0 Å². The number of phenolic OH excluding ortho intramolecular Hbond substituents is 2. The minimum Gasteiger partial charge on any atom is -0.508 e. The molecule has 1 aromatic heterocycles. The minimum atomic E-state index is -0.673. The van der Waals surface area contributed by atoms with Crippen LogP contribution in [0.3, 0.4) is 0 Å². The minimum absolute atomic E-state index is 0.205. The van der Waals surface area contributed by atoms with Gasteiger partial charge < -0.3 is 15.5 Å². The number of nitrogens with zero attached hydrogens (tertiary/aromatic N) is 1. The maximum Gasteiger partial charge on any atom is 0.165 e. The van der Waals surface area contributed by atoms with E-state index in [4.69, 9.17) is 0 Å². The lowest BCUT2D eigenvalue weighted by molar-refractivity contribution is 0.433. The molecule has 0 fully saturated rings. The summed E-state index contributed by atoms with van der Waals surface area (Å²) in [5, 5.41) is 22.6. The second-order valence-electron chi connectivity index (χ2n) is 5.19. The highest BCUT2D eigenvalue weighted by atomic mass is 19.1. The van der Waals surface area contributed by atoms with Gasteiger partial charge in [-0.25, -0.2) is 9.37 Å². The Kier molecular flexibility index (Phi) is 3.85. The maximum atomic E-state index is 13.3. The highest BCUT2D eigenvalue weighted by Gasteiger charge is 2.07. The Hall–Kier alpha value is -3.08. The van der Waals surface area contributed by atoms with E-state index in [-0.39, 0.29) is 5.75 Å². The van der Waals surface area contributed by atoms with Crippen LogP contribution in [0.2, 0.25) is 0 Å². The van der Waals surface area contributed by atoms with Crippen LogP contribution >= 0.6 is 0 Å². The zero-order chi connectivity index (χ0) is 16.4. The van der Waals surface area contributed by atoms with Crippen molar-refractivity contribution in [2.24, 2.45) is 0 Å². The van der Waals surface area contributed by atoms with Crippen LogP contribution in [-0.2, 0) is 6.54 Å². The molecule has 5 heteroatoms. The van der Waals surface area contributed by atoms with E-state index in [0.29, 0.717) is 28.8 Å². The van der Waals surface area contributed by atoms with Gasteiger partial charge in [-0.05, 0) is 29.8 Å². The standard InChI is InChI=1S/C18H15FN2O2/c1-11(20-10-12-3-2-4-14(22)7-12)16-6-5-13-8-15(19)18(23)9-17(13)21-16/h2-9,20,22-23H,1,10H2. The molecule has 0 aliphatic carbocycles. The third kappa shape index (κ3) is 3.23. The molecule has 0 aliphatic rings. The van der Waals surface area contributed by atoms with Crippen molar-refractivity contribution < 1.29 is 14.6 Å². The van der Waals surface area contributed by atoms with Crippen LogP contribution in [0, 0.1) is 5.82 Å². The Balaban J connectivity index is 1.79. The van der Waals surface area contributed by atoms with Gasteiger partial charge in [0.2, 0.25) is 0 Å². The van der Waals surface area contributed by atoms with Crippen molar-refractivity contribution in [1.82, 2.24) is 10.3 Å². The molecule has 0 saturated carbocycles. The second kappa shape index (κ2) is 5.96. The average molecular weight is 310 g/mol. The predicted molar refractivity (Wildman–Crippen MR) is 87.3 cm³/mol. The summed E-state index contributed by atoms with van der Waals surface area (Å²) in [6.07, 6.45) is 0. The molecule has 0 aliphatic heterocycles. The smallest absolute Gasteiger partial charge is 0.165 e. The number of hydrogen-bond donors (Lipinski definition) is 3. The van der Waals surface area contributed by atoms with Gasteiger partial charge in [0.25, 0.3) is 0 Å².